The normalized spacial score (nSPS) is 13.0. The van der Waals surface area contributed by atoms with Crippen molar-refractivity contribution in [3.63, 3.8) is 0 Å². The molecule has 7 heteroatoms. The lowest BCUT2D eigenvalue weighted by Crippen LogP contribution is -2.35. The third-order valence-corrected chi connectivity index (χ3v) is 4.49. The number of unbranched alkanes of at least 4 members (excludes halogenated alkanes) is 10. The van der Waals surface area contributed by atoms with E-state index in [2.05, 4.69) is 16.8 Å². The van der Waals surface area contributed by atoms with Gasteiger partial charge in [-0.05, 0) is 12.8 Å². The minimum atomic E-state index is -4.57. The second kappa shape index (κ2) is 14.9. The molecular weight excluding hydrogens is 329 g/mol. The summed E-state index contributed by atoms with van der Waals surface area (Å²) in [7, 11) is -4.57. The van der Waals surface area contributed by atoms with Crippen LogP contribution >= 0.6 is 7.82 Å². The minimum absolute atomic E-state index is 0.216. The summed E-state index contributed by atoms with van der Waals surface area (Å²) in [6.45, 7) is 3.93. The number of carbonyl (C=O) groups excluding carboxylic acids is 1. The first-order valence-electron chi connectivity index (χ1n) is 9.42. The van der Waals surface area contributed by atoms with Crippen molar-refractivity contribution >= 4 is 13.7 Å². The summed E-state index contributed by atoms with van der Waals surface area (Å²) in [6.07, 6.45) is 13.2. The van der Waals surface area contributed by atoms with E-state index in [4.69, 9.17) is 9.79 Å². The van der Waals surface area contributed by atoms with Gasteiger partial charge in [0.05, 0.1) is 0 Å². The monoisotopic (exact) mass is 365 g/mol. The van der Waals surface area contributed by atoms with Crippen LogP contribution < -0.4 is 5.32 Å². The second-order valence-electron chi connectivity index (χ2n) is 6.35. The Balaban J connectivity index is 3.50. The number of amides is 1. The smallest absolute Gasteiger partial charge is 0.330 e. The van der Waals surface area contributed by atoms with Gasteiger partial charge in [0.1, 0.15) is 6.23 Å². The molecule has 0 aromatic carbocycles. The predicted molar refractivity (Wildman–Crippen MR) is 96.4 cm³/mol. The minimum Gasteiger partial charge on any atom is -0.330 e. The summed E-state index contributed by atoms with van der Waals surface area (Å²) in [5.74, 6) is -0.216. The van der Waals surface area contributed by atoms with Gasteiger partial charge in [-0.1, -0.05) is 78.1 Å². The van der Waals surface area contributed by atoms with Crippen LogP contribution in [0.15, 0.2) is 0 Å². The molecule has 0 spiro atoms. The first kappa shape index (κ1) is 23.6. The van der Waals surface area contributed by atoms with Gasteiger partial charge < -0.3 is 15.1 Å². The SMILES string of the molecule is CCCCCCCCCCCCCC(=O)N[C@@H](CC)OP(=O)(O)O. The molecule has 6 nitrogen and oxygen atoms in total. The average Bonchev–Trinajstić information content (AvgIpc) is 2.50. The van der Waals surface area contributed by atoms with Crippen molar-refractivity contribution in [1.82, 2.24) is 5.32 Å². The zero-order chi connectivity index (χ0) is 18.3. The van der Waals surface area contributed by atoms with Crippen LogP contribution in [0.3, 0.4) is 0 Å². The first-order valence-corrected chi connectivity index (χ1v) is 10.9. The molecule has 0 bridgehead atoms. The van der Waals surface area contributed by atoms with Crippen molar-refractivity contribution in [3.05, 3.63) is 0 Å². The summed E-state index contributed by atoms with van der Waals surface area (Å²) in [5, 5.41) is 2.51. The highest BCUT2D eigenvalue weighted by Gasteiger charge is 2.21. The standard InChI is InChI=1S/C17H36NO5P/c1-3-5-6-7-8-9-10-11-12-13-14-15-16(19)18-17(4-2)23-24(20,21)22/h17H,3-15H2,1-2H3,(H,18,19)(H2,20,21,22)/t17-/m1/s1. The first-order chi connectivity index (χ1) is 11.4. The van der Waals surface area contributed by atoms with Gasteiger partial charge in [-0.25, -0.2) is 4.57 Å². The summed E-state index contributed by atoms with van der Waals surface area (Å²) >= 11 is 0. The molecule has 0 unspecified atom stereocenters. The maximum atomic E-state index is 11.7. The van der Waals surface area contributed by atoms with Crippen molar-refractivity contribution < 1.29 is 23.7 Å². The van der Waals surface area contributed by atoms with Crippen molar-refractivity contribution in [3.8, 4) is 0 Å². The zero-order valence-corrected chi connectivity index (χ0v) is 16.2. The highest BCUT2D eigenvalue weighted by Crippen LogP contribution is 2.37. The fraction of sp³-hybridized carbons (Fsp3) is 0.941. The van der Waals surface area contributed by atoms with E-state index in [1.165, 1.54) is 51.4 Å². The van der Waals surface area contributed by atoms with Gasteiger partial charge in [0.15, 0.2) is 0 Å². The van der Waals surface area contributed by atoms with E-state index in [1.54, 1.807) is 6.92 Å². The Morgan fingerprint density at radius 3 is 1.79 bits per heavy atom. The van der Waals surface area contributed by atoms with E-state index < -0.39 is 14.1 Å². The Labute approximate surface area is 147 Å². The molecule has 0 aliphatic rings. The topological polar surface area (TPSA) is 95.9 Å². The van der Waals surface area contributed by atoms with Gasteiger partial charge in [-0.15, -0.1) is 0 Å². The number of phosphoric acid groups is 1. The number of phosphoric ester groups is 1. The summed E-state index contributed by atoms with van der Waals surface area (Å²) in [4.78, 5) is 29.2. The molecule has 144 valence electrons. The molecule has 0 aromatic rings. The molecule has 0 heterocycles. The van der Waals surface area contributed by atoms with Crippen LogP contribution in [-0.2, 0) is 13.9 Å². The van der Waals surface area contributed by atoms with Crippen LogP contribution in [0.4, 0.5) is 0 Å². The largest absolute Gasteiger partial charge is 0.471 e. The molecule has 24 heavy (non-hydrogen) atoms. The lowest BCUT2D eigenvalue weighted by molar-refractivity contribution is -0.123. The highest BCUT2D eigenvalue weighted by atomic mass is 31.2. The quantitative estimate of drug-likeness (QED) is 0.210. The van der Waals surface area contributed by atoms with E-state index in [-0.39, 0.29) is 5.91 Å². The van der Waals surface area contributed by atoms with Gasteiger partial charge in [-0.2, -0.15) is 0 Å². The van der Waals surface area contributed by atoms with Crippen LogP contribution in [0.5, 0.6) is 0 Å². The molecule has 0 saturated carbocycles. The van der Waals surface area contributed by atoms with E-state index >= 15 is 0 Å². The van der Waals surface area contributed by atoms with Gasteiger partial charge in [0.25, 0.3) is 0 Å². The van der Waals surface area contributed by atoms with Crippen LogP contribution in [0, 0.1) is 0 Å². The molecular formula is C17H36NO5P. The maximum Gasteiger partial charge on any atom is 0.471 e. The molecule has 3 N–H and O–H groups in total. The average molecular weight is 365 g/mol. The summed E-state index contributed by atoms with van der Waals surface area (Å²) < 4.78 is 15.3. The number of hydrogen-bond donors (Lipinski definition) is 3. The van der Waals surface area contributed by atoms with Crippen LogP contribution in [-0.4, -0.2) is 21.9 Å². The molecule has 0 aromatic heterocycles. The Hall–Kier alpha value is -0.420. The Morgan fingerprint density at radius 2 is 1.38 bits per heavy atom. The van der Waals surface area contributed by atoms with E-state index in [0.717, 1.165) is 19.3 Å². The summed E-state index contributed by atoms with van der Waals surface area (Å²) in [6, 6.07) is 0. The van der Waals surface area contributed by atoms with E-state index in [0.29, 0.717) is 12.8 Å². The second-order valence-corrected chi connectivity index (χ2v) is 7.54. The molecule has 0 aliphatic heterocycles. The van der Waals surface area contributed by atoms with E-state index in [9.17, 15) is 9.36 Å². The molecule has 0 aliphatic carbocycles. The van der Waals surface area contributed by atoms with Crippen molar-refractivity contribution in [2.75, 3.05) is 0 Å². The lowest BCUT2D eigenvalue weighted by Gasteiger charge is -2.17. The Morgan fingerprint density at radius 1 is 0.917 bits per heavy atom. The van der Waals surface area contributed by atoms with Gasteiger partial charge in [-0.3, -0.25) is 9.32 Å². The van der Waals surface area contributed by atoms with Crippen LogP contribution in [0.25, 0.3) is 0 Å². The maximum absolute atomic E-state index is 11.7. The highest BCUT2D eigenvalue weighted by molar-refractivity contribution is 7.46. The number of rotatable bonds is 16. The molecule has 0 fully saturated rings. The van der Waals surface area contributed by atoms with Crippen molar-refractivity contribution in [2.45, 2.75) is 104 Å². The fourth-order valence-corrected chi connectivity index (χ4v) is 3.10. The lowest BCUT2D eigenvalue weighted by atomic mass is 10.1. The fourth-order valence-electron chi connectivity index (χ4n) is 2.57. The Bertz CT molecular complexity index is 359. The number of hydrogen-bond acceptors (Lipinski definition) is 3. The summed E-state index contributed by atoms with van der Waals surface area (Å²) in [5.41, 5.74) is 0. The van der Waals surface area contributed by atoms with Crippen LogP contribution in [0.1, 0.15) is 97.3 Å². The van der Waals surface area contributed by atoms with Gasteiger partial charge in [0.2, 0.25) is 5.91 Å². The zero-order valence-electron chi connectivity index (χ0n) is 15.3. The van der Waals surface area contributed by atoms with E-state index in [1.807, 2.05) is 0 Å². The third kappa shape index (κ3) is 16.4. The predicted octanol–water partition coefficient (Wildman–Crippen LogP) is 4.65. The van der Waals surface area contributed by atoms with Gasteiger partial charge in [0, 0.05) is 6.42 Å². The molecule has 1 atom stereocenters. The van der Waals surface area contributed by atoms with Crippen molar-refractivity contribution in [2.24, 2.45) is 0 Å². The van der Waals surface area contributed by atoms with Crippen LogP contribution in [0.2, 0.25) is 0 Å². The molecule has 0 rings (SSSR count). The van der Waals surface area contributed by atoms with Crippen molar-refractivity contribution in [1.29, 1.82) is 0 Å². The number of nitrogens with one attached hydrogen (secondary N) is 1. The molecule has 0 radical (unpaired) electrons. The molecule has 0 saturated heterocycles. The third-order valence-electron chi connectivity index (χ3n) is 3.96. The Kier molecular flexibility index (Phi) is 14.6. The molecule has 1 amide bonds. The van der Waals surface area contributed by atoms with Gasteiger partial charge >= 0.3 is 7.82 Å². The number of carbonyl (C=O) groups is 1.